The Morgan fingerprint density at radius 3 is 2.67 bits per heavy atom. The fraction of sp³-hybridized carbons (Fsp3) is 0.0833. The van der Waals surface area contributed by atoms with E-state index in [1.54, 1.807) is 0 Å². The second-order valence-electron chi connectivity index (χ2n) is 3.57. The molecule has 18 heavy (non-hydrogen) atoms. The Labute approximate surface area is 100 Å². The molecular formula is C12H9NO5. The van der Waals surface area contributed by atoms with E-state index in [1.807, 2.05) is 0 Å². The summed E-state index contributed by atoms with van der Waals surface area (Å²) >= 11 is 0. The van der Waals surface area contributed by atoms with E-state index in [0.29, 0.717) is 5.52 Å². The maximum Gasteiger partial charge on any atom is 0.341 e. The molecule has 6 nitrogen and oxygen atoms in total. The minimum Gasteiger partial charge on any atom is -0.493 e. The number of H-pyrrole nitrogens is 1. The minimum atomic E-state index is -1.33. The normalized spacial score (nSPS) is 10.3. The Balaban J connectivity index is 2.98. The minimum absolute atomic E-state index is 0.0157. The molecule has 0 bridgehead atoms. The Hall–Kier alpha value is -2.63. The van der Waals surface area contributed by atoms with E-state index >= 15 is 0 Å². The van der Waals surface area contributed by atoms with Gasteiger partial charge in [-0.1, -0.05) is 0 Å². The van der Waals surface area contributed by atoms with Crippen LogP contribution in [-0.4, -0.2) is 23.2 Å². The molecule has 2 rings (SSSR count). The number of fused-ring (bicyclic) bond motifs is 1. The van der Waals surface area contributed by atoms with Crippen molar-refractivity contribution in [3.8, 4) is 5.75 Å². The van der Waals surface area contributed by atoms with Crippen LogP contribution in [0.1, 0.15) is 10.4 Å². The molecule has 0 unspecified atom stereocenters. The molecule has 0 saturated carbocycles. The average Bonchev–Trinajstić information content (AvgIpc) is 2.49. The number of aromatic amines is 1. The molecule has 6 heteroatoms. The zero-order valence-corrected chi connectivity index (χ0v) is 9.39. The van der Waals surface area contributed by atoms with Gasteiger partial charge in [0.1, 0.15) is 5.56 Å². The van der Waals surface area contributed by atoms with Gasteiger partial charge in [0.15, 0.2) is 5.75 Å². The lowest BCUT2D eigenvalue weighted by molar-refractivity contribution is 0.0695. The molecule has 92 valence electrons. The van der Waals surface area contributed by atoms with Crippen molar-refractivity contribution in [1.29, 1.82) is 0 Å². The van der Waals surface area contributed by atoms with Crippen LogP contribution < -0.4 is 15.6 Å². The van der Waals surface area contributed by atoms with Crippen molar-refractivity contribution in [3.63, 3.8) is 0 Å². The molecule has 0 aliphatic rings. The van der Waals surface area contributed by atoms with Gasteiger partial charge in [-0.05, 0) is 18.2 Å². The molecule has 0 aliphatic carbocycles. The van der Waals surface area contributed by atoms with Gasteiger partial charge in [-0.25, -0.2) is 4.79 Å². The van der Waals surface area contributed by atoms with Gasteiger partial charge >= 0.3 is 5.97 Å². The van der Waals surface area contributed by atoms with Crippen LogP contribution in [0.3, 0.4) is 0 Å². The number of carboxylic acid groups (broad SMARTS) is 1. The summed E-state index contributed by atoms with van der Waals surface area (Å²) in [7, 11) is 1.30. The van der Waals surface area contributed by atoms with Crippen molar-refractivity contribution in [2.24, 2.45) is 0 Å². The first-order valence-corrected chi connectivity index (χ1v) is 5.01. The summed E-state index contributed by atoms with van der Waals surface area (Å²) in [4.78, 5) is 37.0. The number of hydrogen-bond donors (Lipinski definition) is 2. The van der Waals surface area contributed by atoms with Gasteiger partial charge in [0.2, 0.25) is 10.9 Å². The predicted octanol–water partition coefficient (Wildman–Crippen LogP) is 0.595. The highest BCUT2D eigenvalue weighted by molar-refractivity contribution is 5.92. The third-order valence-corrected chi connectivity index (χ3v) is 2.52. The maximum atomic E-state index is 11.9. The number of aromatic carboxylic acids is 1. The zero-order valence-electron chi connectivity index (χ0n) is 9.39. The largest absolute Gasteiger partial charge is 0.493 e. The molecular weight excluding hydrogens is 238 g/mol. The third-order valence-electron chi connectivity index (χ3n) is 2.52. The lowest BCUT2D eigenvalue weighted by atomic mass is 10.2. The monoisotopic (exact) mass is 247 g/mol. The Kier molecular flexibility index (Phi) is 2.85. The SMILES string of the molecule is COc1cc2c(=O)c(C(=O)O)c[nH]c2ccc1=O. The highest BCUT2D eigenvalue weighted by Gasteiger charge is 2.11. The highest BCUT2D eigenvalue weighted by atomic mass is 16.5. The highest BCUT2D eigenvalue weighted by Crippen LogP contribution is 2.10. The first-order valence-electron chi connectivity index (χ1n) is 5.01. The predicted molar refractivity (Wildman–Crippen MR) is 64.3 cm³/mol. The lowest BCUT2D eigenvalue weighted by Gasteiger charge is -1.97. The molecule has 0 saturated heterocycles. The van der Waals surface area contributed by atoms with Crippen molar-refractivity contribution in [2.45, 2.75) is 0 Å². The van der Waals surface area contributed by atoms with Crippen LogP contribution in [0, 0.1) is 0 Å². The standard InChI is InChI=1S/C12H9NO5/c1-18-10-4-6-8(2-3-9(10)14)13-5-7(11(6)15)12(16)17/h2-5H,1H3,(H,13,15)(H,16,17). The van der Waals surface area contributed by atoms with Crippen molar-refractivity contribution < 1.29 is 14.6 Å². The fourth-order valence-electron chi connectivity index (χ4n) is 1.60. The Morgan fingerprint density at radius 2 is 2.06 bits per heavy atom. The number of carboxylic acids is 1. The fourth-order valence-corrected chi connectivity index (χ4v) is 1.60. The molecule has 0 amide bonds. The molecule has 1 aromatic heterocycles. The van der Waals surface area contributed by atoms with Gasteiger partial charge in [0, 0.05) is 11.7 Å². The molecule has 0 fully saturated rings. The second-order valence-corrected chi connectivity index (χ2v) is 3.57. The molecule has 1 aromatic carbocycles. The topological polar surface area (TPSA) is 96.5 Å². The van der Waals surface area contributed by atoms with Crippen LogP contribution in [-0.2, 0) is 0 Å². The number of aromatic nitrogens is 1. The van der Waals surface area contributed by atoms with Crippen molar-refractivity contribution in [3.05, 3.63) is 50.4 Å². The molecule has 2 aromatic rings. The van der Waals surface area contributed by atoms with E-state index in [4.69, 9.17) is 9.84 Å². The molecule has 0 radical (unpaired) electrons. The third kappa shape index (κ3) is 1.84. The Morgan fingerprint density at radius 1 is 1.33 bits per heavy atom. The molecule has 2 N–H and O–H groups in total. The summed E-state index contributed by atoms with van der Waals surface area (Å²) in [5, 5.41) is 8.95. The van der Waals surface area contributed by atoms with Crippen LogP contribution in [0.4, 0.5) is 0 Å². The van der Waals surface area contributed by atoms with E-state index in [0.717, 1.165) is 6.20 Å². The lowest BCUT2D eigenvalue weighted by Crippen LogP contribution is -2.14. The second kappa shape index (κ2) is 4.33. The smallest absolute Gasteiger partial charge is 0.341 e. The van der Waals surface area contributed by atoms with Crippen molar-refractivity contribution in [2.75, 3.05) is 7.11 Å². The van der Waals surface area contributed by atoms with E-state index in [2.05, 4.69) is 4.98 Å². The van der Waals surface area contributed by atoms with Crippen LogP contribution >= 0.6 is 0 Å². The first kappa shape index (κ1) is 11.8. The van der Waals surface area contributed by atoms with Gasteiger partial charge in [-0.15, -0.1) is 0 Å². The summed E-state index contributed by atoms with van der Waals surface area (Å²) in [6, 6.07) is 3.90. The molecule has 0 spiro atoms. The number of rotatable bonds is 2. The van der Waals surface area contributed by atoms with Crippen molar-refractivity contribution in [1.82, 2.24) is 4.98 Å². The van der Waals surface area contributed by atoms with Gasteiger partial charge < -0.3 is 14.8 Å². The van der Waals surface area contributed by atoms with Crippen LogP contribution in [0.2, 0.25) is 0 Å². The number of ether oxygens (including phenoxy) is 1. The van der Waals surface area contributed by atoms with Gasteiger partial charge in [-0.3, -0.25) is 9.59 Å². The molecule has 0 atom stereocenters. The summed E-state index contributed by atoms with van der Waals surface area (Å²) < 4.78 is 4.86. The summed E-state index contributed by atoms with van der Waals surface area (Å²) in [5.41, 5.74) is -1.07. The van der Waals surface area contributed by atoms with Gasteiger partial charge in [0.05, 0.1) is 12.5 Å². The van der Waals surface area contributed by atoms with Crippen LogP contribution in [0.15, 0.2) is 34.0 Å². The van der Waals surface area contributed by atoms with Crippen LogP contribution in [0.5, 0.6) is 5.75 Å². The number of pyridine rings is 1. The molecule has 1 heterocycles. The van der Waals surface area contributed by atoms with Gasteiger partial charge in [0.25, 0.3) is 0 Å². The number of hydrogen-bond acceptors (Lipinski definition) is 4. The van der Waals surface area contributed by atoms with E-state index < -0.39 is 16.8 Å². The van der Waals surface area contributed by atoms with Crippen molar-refractivity contribution >= 4 is 16.9 Å². The number of nitrogens with one attached hydrogen (secondary N) is 1. The quantitative estimate of drug-likeness (QED) is 0.809. The number of carbonyl (C=O) groups is 1. The summed E-state index contributed by atoms with van der Waals surface area (Å²) in [6.45, 7) is 0. The zero-order chi connectivity index (χ0) is 13.3. The van der Waals surface area contributed by atoms with E-state index in [9.17, 15) is 14.4 Å². The average molecular weight is 247 g/mol. The summed E-state index contributed by atoms with van der Waals surface area (Å²) in [5.74, 6) is -1.34. The van der Waals surface area contributed by atoms with Gasteiger partial charge in [-0.2, -0.15) is 0 Å². The first-order chi connectivity index (χ1) is 8.54. The maximum absolute atomic E-state index is 11.9. The summed E-state index contributed by atoms with van der Waals surface area (Å²) in [6.07, 6.45) is 1.10. The Bertz CT molecular complexity index is 747. The van der Waals surface area contributed by atoms with Crippen LogP contribution in [0.25, 0.3) is 10.9 Å². The molecule has 0 aliphatic heterocycles. The number of methoxy groups -OCH3 is 1. The van der Waals surface area contributed by atoms with E-state index in [-0.39, 0.29) is 16.7 Å². The van der Waals surface area contributed by atoms with E-state index in [1.165, 1.54) is 25.3 Å².